The number of rotatable bonds is 4. The van der Waals surface area contributed by atoms with Crippen molar-refractivity contribution in [2.24, 2.45) is 11.3 Å². The number of nitrogens with zero attached hydrogens (tertiary/aromatic N) is 1. The van der Waals surface area contributed by atoms with Crippen LogP contribution in [0.1, 0.15) is 77.0 Å². The van der Waals surface area contributed by atoms with Crippen molar-refractivity contribution in [3.05, 3.63) is 0 Å². The Balaban J connectivity index is 1.64. The molecule has 2 nitrogen and oxygen atoms in total. The number of aliphatic hydroxyl groups is 1. The molecule has 3 fully saturated rings. The van der Waals surface area contributed by atoms with Gasteiger partial charge in [-0.3, -0.25) is 4.90 Å². The molecule has 1 heterocycles. The quantitative estimate of drug-likeness (QED) is 0.787. The molecule has 116 valence electrons. The van der Waals surface area contributed by atoms with Crippen molar-refractivity contribution >= 4 is 0 Å². The lowest BCUT2D eigenvalue weighted by Crippen LogP contribution is -2.44. The van der Waals surface area contributed by atoms with Crippen LogP contribution in [0, 0.1) is 11.3 Å². The molecular formula is C18H33NO. The van der Waals surface area contributed by atoms with Crippen LogP contribution in [-0.2, 0) is 0 Å². The van der Waals surface area contributed by atoms with Gasteiger partial charge in [-0.2, -0.15) is 0 Å². The van der Waals surface area contributed by atoms with E-state index in [1.165, 1.54) is 90.1 Å². The van der Waals surface area contributed by atoms with E-state index in [9.17, 15) is 5.11 Å². The first-order chi connectivity index (χ1) is 9.83. The van der Waals surface area contributed by atoms with Crippen molar-refractivity contribution in [3.8, 4) is 0 Å². The monoisotopic (exact) mass is 279 g/mol. The van der Waals surface area contributed by atoms with Crippen LogP contribution in [0.5, 0.6) is 0 Å². The van der Waals surface area contributed by atoms with Crippen molar-refractivity contribution in [2.75, 3.05) is 19.7 Å². The van der Waals surface area contributed by atoms with Gasteiger partial charge in [0.25, 0.3) is 0 Å². The van der Waals surface area contributed by atoms with E-state index < -0.39 is 0 Å². The predicted octanol–water partition coefficient (Wildman–Crippen LogP) is 3.97. The summed E-state index contributed by atoms with van der Waals surface area (Å²) in [6.45, 7) is 2.90. The summed E-state index contributed by atoms with van der Waals surface area (Å²) in [5.41, 5.74) is 0.234. The highest BCUT2D eigenvalue weighted by atomic mass is 16.3. The Morgan fingerprint density at radius 3 is 2.20 bits per heavy atom. The first-order valence-electron chi connectivity index (χ1n) is 9.18. The Labute approximate surface area is 124 Å². The second-order valence-electron chi connectivity index (χ2n) is 7.80. The van der Waals surface area contributed by atoms with Crippen LogP contribution in [0.4, 0.5) is 0 Å². The molecule has 1 N–H and O–H groups in total. The molecule has 1 atom stereocenters. The van der Waals surface area contributed by atoms with E-state index in [1.54, 1.807) is 0 Å². The van der Waals surface area contributed by atoms with Crippen LogP contribution in [0.2, 0.25) is 0 Å². The summed E-state index contributed by atoms with van der Waals surface area (Å²) in [5.74, 6) is 0.971. The molecule has 20 heavy (non-hydrogen) atoms. The van der Waals surface area contributed by atoms with Crippen molar-refractivity contribution in [2.45, 2.75) is 83.1 Å². The smallest absolute Gasteiger partial charge is 0.0499 e. The van der Waals surface area contributed by atoms with Crippen molar-refractivity contribution in [1.82, 2.24) is 4.90 Å². The Bertz CT molecular complexity index is 290. The van der Waals surface area contributed by atoms with Gasteiger partial charge < -0.3 is 5.11 Å². The third-order valence-electron chi connectivity index (χ3n) is 6.40. The maximum atomic E-state index is 10.1. The lowest BCUT2D eigenvalue weighted by atomic mass is 9.80. The summed E-state index contributed by atoms with van der Waals surface area (Å²) < 4.78 is 0. The Kier molecular flexibility index (Phi) is 5.04. The van der Waals surface area contributed by atoms with Gasteiger partial charge >= 0.3 is 0 Å². The summed E-state index contributed by atoms with van der Waals surface area (Å²) in [4.78, 5) is 2.79. The third kappa shape index (κ3) is 3.22. The van der Waals surface area contributed by atoms with Crippen LogP contribution in [0.3, 0.4) is 0 Å². The minimum Gasteiger partial charge on any atom is -0.396 e. The van der Waals surface area contributed by atoms with Gasteiger partial charge in [0.1, 0.15) is 0 Å². The first-order valence-corrected chi connectivity index (χ1v) is 9.18. The minimum atomic E-state index is 0.234. The SMILES string of the molecule is OCC1(CN2CCCC2C2CCCC2)CCCCCC1. The number of likely N-dealkylation sites (tertiary alicyclic amines) is 1. The zero-order valence-corrected chi connectivity index (χ0v) is 13.2. The molecule has 3 rings (SSSR count). The van der Waals surface area contributed by atoms with Crippen LogP contribution in [-0.4, -0.2) is 35.7 Å². The van der Waals surface area contributed by atoms with E-state index >= 15 is 0 Å². The third-order valence-corrected chi connectivity index (χ3v) is 6.40. The average Bonchev–Trinajstić information content (AvgIpc) is 3.07. The molecule has 3 aliphatic rings. The van der Waals surface area contributed by atoms with E-state index in [-0.39, 0.29) is 5.41 Å². The Hall–Kier alpha value is -0.0800. The summed E-state index contributed by atoms with van der Waals surface area (Å²) in [6, 6.07) is 0.851. The highest BCUT2D eigenvalue weighted by Crippen LogP contribution is 2.40. The summed E-state index contributed by atoms with van der Waals surface area (Å²) >= 11 is 0. The summed E-state index contributed by atoms with van der Waals surface area (Å²) in [5, 5.41) is 10.1. The highest BCUT2D eigenvalue weighted by Gasteiger charge is 2.39. The molecule has 1 unspecified atom stereocenters. The van der Waals surface area contributed by atoms with Gasteiger partial charge in [-0.15, -0.1) is 0 Å². The largest absolute Gasteiger partial charge is 0.396 e. The summed E-state index contributed by atoms with van der Waals surface area (Å²) in [7, 11) is 0. The molecule has 2 heteroatoms. The van der Waals surface area contributed by atoms with Gasteiger partial charge in [0.2, 0.25) is 0 Å². The van der Waals surface area contributed by atoms with Crippen molar-refractivity contribution in [3.63, 3.8) is 0 Å². The molecule has 0 aromatic rings. The first kappa shape index (κ1) is 14.8. The standard InChI is InChI=1S/C18H33NO/c20-15-18(11-5-1-2-6-12-18)14-19-13-7-10-17(19)16-8-3-4-9-16/h16-17,20H,1-15H2. The molecule has 0 amide bonds. The molecule has 2 saturated carbocycles. The Morgan fingerprint density at radius 2 is 1.55 bits per heavy atom. The second kappa shape index (κ2) is 6.79. The van der Waals surface area contributed by atoms with Crippen LogP contribution >= 0.6 is 0 Å². The lowest BCUT2D eigenvalue weighted by Gasteiger charge is -2.39. The van der Waals surface area contributed by atoms with Gasteiger partial charge in [-0.05, 0) is 51.0 Å². The second-order valence-corrected chi connectivity index (χ2v) is 7.80. The normalized spacial score (nSPS) is 32.5. The van der Waals surface area contributed by atoms with Crippen molar-refractivity contribution < 1.29 is 5.11 Å². The highest BCUT2D eigenvalue weighted by molar-refractivity contribution is 4.92. The zero-order valence-electron chi connectivity index (χ0n) is 13.2. The predicted molar refractivity (Wildman–Crippen MR) is 83.8 cm³/mol. The molecule has 0 spiro atoms. The van der Waals surface area contributed by atoms with E-state index in [2.05, 4.69) is 4.90 Å². The van der Waals surface area contributed by atoms with E-state index in [4.69, 9.17) is 0 Å². The number of aliphatic hydroxyl groups excluding tert-OH is 1. The summed E-state index contributed by atoms with van der Waals surface area (Å²) in [6.07, 6.45) is 16.6. The molecule has 0 aromatic heterocycles. The molecule has 0 radical (unpaired) electrons. The maximum Gasteiger partial charge on any atom is 0.0499 e. The van der Waals surface area contributed by atoms with Gasteiger partial charge in [0.05, 0.1) is 0 Å². The van der Waals surface area contributed by atoms with Crippen molar-refractivity contribution in [1.29, 1.82) is 0 Å². The van der Waals surface area contributed by atoms with Crippen LogP contribution in [0.15, 0.2) is 0 Å². The molecule has 0 aromatic carbocycles. The lowest BCUT2D eigenvalue weighted by molar-refractivity contribution is 0.0442. The molecular weight excluding hydrogens is 246 g/mol. The van der Waals surface area contributed by atoms with Gasteiger partial charge in [0.15, 0.2) is 0 Å². The fourth-order valence-corrected chi connectivity index (χ4v) is 5.20. The molecule has 0 bridgehead atoms. The fraction of sp³-hybridized carbons (Fsp3) is 1.00. The van der Waals surface area contributed by atoms with E-state index in [0.717, 1.165) is 12.0 Å². The zero-order chi connectivity index (χ0) is 13.8. The number of hydrogen-bond acceptors (Lipinski definition) is 2. The maximum absolute atomic E-state index is 10.1. The van der Waals surface area contributed by atoms with E-state index in [1.807, 2.05) is 0 Å². The Morgan fingerprint density at radius 1 is 0.850 bits per heavy atom. The topological polar surface area (TPSA) is 23.5 Å². The van der Waals surface area contributed by atoms with Gasteiger partial charge in [-0.1, -0.05) is 38.5 Å². The van der Waals surface area contributed by atoms with Crippen LogP contribution < -0.4 is 0 Å². The molecule has 2 aliphatic carbocycles. The number of hydrogen-bond donors (Lipinski definition) is 1. The fourth-order valence-electron chi connectivity index (χ4n) is 5.20. The van der Waals surface area contributed by atoms with E-state index in [0.29, 0.717) is 6.61 Å². The average molecular weight is 279 g/mol. The van der Waals surface area contributed by atoms with Gasteiger partial charge in [0, 0.05) is 24.6 Å². The molecule has 1 aliphatic heterocycles. The van der Waals surface area contributed by atoms with Gasteiger partial charge in [-0.25, -0.2) is 0 Å². The molecule has 1 saturated heterocycles. The minimum absolute atomic E-state index is 0.234. The van der Waals surface area contributed by atoms with Crippen LogP contribution in [0.25, 0.3) is 0 Å².